The normalized spacial score (nSPS) is 22.8. The van der Waals surface area contributed by atoms with Crippen molar-refractivity contribution in [1.29, 1.82) is 5.26 Å². The molecule has 26 heavy (non-hydrogen) atoms. The zero-order chi connectivity index (χ0) is 18.1. The van der Waals surface area contributed by atoms with Crippen LogP contribution in [0.5, 0.6) is 0 Å². The molecule has 0 unspecified atom stereocenters. The van der Waals surface area contributed by atoms with Crippen molar-refractivity contribution in [3.8, 4) is 6.07 Å². The molecular formula is C20H26N6. The predicted octanol–water partition coefficient (Wildman–Crippen LogP) is 2.67. The molecule has 6 nitrogen and oxygen atoms in total. The van der Waals surface area contributed by atoms with E-state index in [4.69, 9.17) is 4.98 Å². The Morgan fingerprint density at radius 3 is 2.96 bits per heavy atom. The van der Waals surface area contributed by atoms with Gasteiger partial charge in [0.05, 0.1) is 17.3 Å². The average Bonchev–Trinajstić information content (AvgIpc) is 3.27. The smallest absolute Gasteiger partial charge is 0.144 e. The Morgan fingerprint density at radius 2 is 2.19 bits per heavy atom. The second-order valence-corrected chi connectivity index (χ2v) is 7.54. The van der Waals surface area contributed by atoms with Crippen LogP contribution in [0.25, 0.3) is 0 Å². The molecule has 1 N–H and O–H groups in total. The lowest BCUT2D eigenvalue weighted by atomic mass is 9.87. The SMILES string of the molecule is CN1CCC[C@@H](CNc2nc3c(cc2C#N)CCC3)[C@@H]1c1ccnn1C. The van der Waals surface area contributed by atoms with Crippen LogP contribution < -0.4 is 5.32 Å². The molecule has 1 aliphatic heterocycles. The van der Waals surface area contributed by atoms with Gasteiger partial charge >= 0.3 is 0 Å². The van der Waals surface area contributed by atoms with E-state index in [1.165, 1.54) is 24.1 Å². The highest BCUT2D eigenvalue weighted by Gasteiger charge is 2.32. The van der Waals surface area contributed by atoms with Crippen molar-refractivity contribution in [3.05, 3.63) is 40.8 Å². The molecule has 2 atom stereocenters. The van der Waals surface area contributed by atoms with Gasteiger partial charge in [-0.3, -0.25) is 9.58 Å². The van der Waals surface area contributed by atoms with Crippen LogP contribution in [0.4, 0.5) is 5.82 Å². The zero-order valence-electron chi connectivity index (χ0n) is 15.6. The van der Waals surface area contributed by atoms with Crippen LogP contribution in [0.15, 0.2) is 18.3 Å². The quantitative estimate of drug-likeness (QED) is 0.918. The monoisotopic (exact) mass is 350 g/mol. The maximum atomic E-state index is 9.52. The molecule has 2 aromatic rings. The molecule has 6 heteroatoms. The Labute approximate surface area is 154 Å². The highest BCUT2D eigenvalue weighted by molar-refractivity contribution is 5.55. The lowest BCUT2D eigenvalue weighted by molar-refractivity contribution is 0.121. The average molecular weight is 350 g/mol. The van der Waals surface area contributed by atoms with Crippen LogP contribution in [-0.4, -0.2) is 39.8 Å². The van der Waals surface area contributed by atoms with Gasteiger partial charge in [0.2, 0.25) is 0 Å². The maximum Gasteiger partial charge on any atom is 0.144 e. The molecule has 1 saturated heterocycles. The summed E-state index contributed by atoms with van der Waals surface area (Å²) in [5.41, 5.74) is 4.33. The van der Waals surface area contributed by atoms with Crippen molar-refractivity contribution in [2.24, 2.45) is 13.0 Å². The van der Waals surface area contributed by atoms with Gasteiger partial charge in [-0.1, -0.05) is 0 Å². The van der Waals surface area contributed by atoms with Gasteiger partial charge in [0.15, 0.2) is 0 Å². The van der Waals surface area contributed by atoms with E-state index in [9.17, 15) is 5.26 Å². The fraction of sp³-hybridized carbons (Fsp3) is 0.550. The molecular weight excluding hydrogens is 324 g/mol. The molecule has 2 aliphatic rings. The molecule has 2 aromatic heterocycles. The first-order valence-corrected chi connectivity index (χ1v) is 9.52. The molecule has 1 fully saturated rings. The first-order valence-electron chi connectivity index (χ1n) is 9.52. The summed E-state index contributed by atoms with van der Waals surface area (Å²) in [5.74, 6) is 1.22. The number of anilines is 1. The number of pyridine rings is 1. The second kappa shape index (κ2) is 7.08. The van der Waals surface area contributed by atoms with Crippen LogP contribution in [0.1, 0.15) is 47.8 Å². The van der Waals surface area contributed by atoms with Gasteiger partial charge in [0.25, 0.3) is 0 Å². The van der Waals surface area contributed by atoms with Crippen molar-refractivity contribution < 1.29 is 0 Å². The summed E-state index contributed by atoms with van der Waals surface area (Å²) in [5, 5.41) is 17.4. The fourth-order valence-electron chi connectivity index (χ4n) is 4.53. The zero-order valence-corrected chi connectivity index (χ0v) is 15.6. The van der Waals surface area contributed by atoms with Crippen LogP contribution in [0, 0.1) is 17.2 Å². The molecule has 0 bridgehead atoms. The third-order valence-corrected chi connectivity index (χ3v) is 5.87. The van der Waals surface area contributed by atoms with E-state index in [0.29, 0.717) is 17.5 Å². The molecule has 136 valence electrons. The lowest BCUT2D eigenvalue weighted by Gasteiger charge is -2.39. The van der Waals surface area contributed by atoms with Gasteiger partial charge in [0.1, 0.15) is 11.9 Å². The van der Waals surface area contributed by atoms with E-state index in [1.807, 2.05) is 24.0 Å². The van der Waals surface area contributed by atoms with E-state index in [-0.39, 0.29) is 0 Å². The Morgan fingerprint density at radius 1 is 1.31 bits per heavy atom. The van der Waals surface area contributed by atoms with Gasteiger partial charge in [0, 0.05) is 25.5 Å². The van der Waals surface area contributed by atoms with E-state index in [0.717, 1.165) is 43.9 Å². The standard InChI is InChI=1S/C20H26N6/c1-25-10-4-6-15(19(25)18-8-9-23-26(18)2)13-22-20-16(12-21)11-14-5-3-7-17(14)24-20/h8-9,11,15,19H,3-7,10,13H2,1-2H3,(H,22,24)/t15-,19+/m0/s1. The van der Waals surface area contributed by atoms with Crippen molar-refractivity contribution in [3.63, 3.8) is 0 Å². The van der Waals surface area contributed by atoms with E-state index in [1.54, 1.807) is 0 Å². The number of nitrogens with one attached hydrogen (secondary N) is 1. The van der Waals surface area contributed by atoms with Crippen molar-refractivity contribution in [2.75, 3.05) is 25.5 Å². The third kappa shape index (κ3) is 3.08. The number of rotatable bonds is 4. The Kier molecular flexibility index (Phi) is 4.64. The topological polar surface area (TPSA) is 69.8 Å². The third-order valence-electron chi connectivity index (χ3n) is 5.87. The molecule has 4 rings (SSSR count). The van der Waals surface area contributed by atoms with E-state index >= 15 is 0 Å². The van der Waals surface area contributed by atoms with E-state index in [2.05, 4.69) is 34.5 Å². The molecule has 0 aromatic carbocycles. The highest BCUT2D eigenvalue weighted by atomic mass is 15.3. The van der Waals surface area contributed by atoms with Crippen LogP contribution in [0.3, 0.4) is 0 Å². The van der Waals surface area contributed by atoms with Gasteiger partial charge in [-0.2, -0.15) is 10.4 Å². The highest BCUT2D eigenvalue weighted by Crippen LogP contribution is 2.35. The first-order chi connectivity index (χ1) is 12.7. The number of likely N-dealkylation sites (tertiary alicyclic amines) is 1. The molecule has 0 spiro atoms. The van der Waals surface area contributed by atoms with Crippen LogP contribution in [0.2, 0.25) is 0 Å². The minimum atomic E-state index is 0.337. The Hall–Kier alpha value is -2.39. The first kappa shape index (κ1) is 17.0. The number of aryl methyl sites for hydroxylation is 3. The minimum absolute atomic E-state index is 0.337. The Bertz CT molecular complexity index is 833. The number of hydrogen-bond acceptors (Lipinski definition) is 5. The maximum absolute atomic E-state index is 9.52. The van der Waals surface area contributed by atoms with Crippen molar-refractivity contribution in [2.45, 2.75) is 38.1 Å². The number of hydrogen-bond donors (Lipinski definition) is 1. The Balaban J connectivity index is 1.55. The van der Waals surface area contributed by atoms with Gasteiger partial charge in [-0.05, 0) is 69.3 Å². The minimum Gasteiger partial charge on any atom is -0.369 e. The molecule has 1 aliphatic carbocycles. The molecule has 3 heterocycles. The summed E-state index contributed by atoms with van der Waals surface area (Å²) in [6.45, 7) is 1.92. The van der Waals surface area contributed by atoms with Crippen molar-refractivity contribution in [1.82, 2.24) is 19.7 Å². The summed E-state index contributed by atoms with van der Waals surface area (Å²) in [7, 11) is 4.20. The van der Waals surface area contributed by atoms with Gasteiger partial charge < -0.3 is 5.32 Å². The summed E-state index contributed by atoms with van der Waals surface area (Å²) in [6, 6.07) is 6.81. The number of nitriles is 1. The lowest BCUT2D eigenvalue weighted by Crippen LogP contribution is -2.40. The fourth-order valence-corrected chi connectivity index (χ4v) is 4.53. The van der Waals surface area contributed by atoms with Gasteiger partial charge in [-0.25, -0.2) is 4.98 Å². The largest absolute Gasteiger partial charge is 0.369 e. The number of piperidine rings is 1. The molecule has 0 saturated carbocycles. The van der Waals surface area contributed by atoms with E-state index < -0.39 is 0 Å². The summed E-state index contributed by atoms with van der Waals surface area (Å²) in [6.07, 6.45) is 7.46. The summed E-state index contributed by atoms with van der Waals surface area (Å²) >= 11 is 0. The van der Waals surface area contributed by atoms with Crippen molar-refractivity contribution >= 4 is 5.82 Å². The second-order valence-electron chi connectivity index (χ2n) is 7.54. The van der Waals surface area contributed by atoms with Gasteiger partial charge in [-0.15, -0.1) is 0 Å². The number of nitrogens with zero attached hydrogens (tertiary/aromatic N) is 5. The van der Waals surface area contributed by atoms with Crippen LogP contribution >= 0.6 is 0 Å². The number of aromatic nitrogens is 3. The number of fused-ring (bicyclic) bond motifs is 1. The molecule has 0 amide bonds. The summed E-state index contributed by atoms with van der Waals surface area (Å²) < 4.78 is 1.98. The molecule has 0 radical (unpaired) electrons. The van der Waals surface area contributed by atoms with Crippen LogP contribution in [-0.2, 0) is 19.9 Å². The predicted molar refractivity (Wildman–Crippen MR) is 101 cm³/mol. The summed E-state index contributed by atoms with van der Waals surface area (Å²) in [4.78, 5) is 7.19.